The van der Waals surface area contributed by atoms with Gasteiger partial charge in [0, 0.05) is 38.4 Å². The maximum Gasteiger partial charge on any atom is 0.162 e. The van der Waals surface area contributed by atoms with Gasteiger partial charge in [-0.25, -0.2) is 0 Å². The highest BCUT2D eigenvalue weighted by Gasteiger charge is 2.49. The van der Waals surface area contributed by atoms with Crippen LogP contribution in [0.1, 0.15) is 12.8 Å². The molecule has 0 bridgehead atoms. The lowest BCUT2D eigenvalue weighted by Gasteiger charge is -2.32. The number of carbonyl (C=O) groups excluding carboxylic acids is 1. The molecule has 4 N–H and O–H groups in total. The normalized spacial score (nSPS) is 33.4. The minimum atomic E-state index is -1.04. The Balaban J connectivity index is 2.93. The van der Waals surface area contributed by atoms with E-state index in [4.69, 9.17) is 14.6 Å². The summed E-state index contributed by atoms with van der Waals surface area (Å²) in [6, 6.07) is 0. The van der Waals surface area contributed by atoms with Gasteiger partial charge in [-0.2, -0.15) is 0 Å². The fourth-order valence-electron chi connectivity index (χ4n) is 3.11. The first kappa shape index (κ1) is 17.5. The van der Waals surface area contributed by atoms with E-state index in [1.165, 1.54) is 14.2 Å². The van der Waals surface area contributed by atoms with E-state index >= 15 is 0 Å². The number of carbonyl (C=O) groups is 1. The number of aliphatic hydroxyl groups is 4. The van der Waals surface area contributed by atoms with E-state index in [-0.39, 0.29) is 12.8 Å². The third-order valence-corrected chi connectivity index (χ3v) is 4.02. The molecule has 0 saturated heterocycles. The van der Waals surface area contributed by atoms with E-state index in [1.54, 1.807) is 0 Å². The van der Waals surface area contributed by atoms with Crippen molar-refractivity contribution in [1.82, 2.24) is 0 Å². The molecule has 6 atom stereocenters. The van der Waals surface area contributed by atoms with Gasteiger partial charge in [0.15, 0.2) is 6.29 Å². The Morgan fingerprint density at radius 1 is 1.20 bits per heavy atom. The zero-order valence-electron chi connectivity index (χ0n) is 11.8. The highest BCUT2D eigenvalue weighted by Crippen LogP contribution is 2.41. The fraction of sp³-hybridized carbons (Fsp3) is 0.923. The molecule has 0 amide bonds. The second-order valence-electron chi connectivity index (χ2n) is 5.24. The lowest BCUT2D eigenvalue weighted by molar-refractivity contribution is -0.172. The Kier molecular flexibility index (Phi) is 7.01. The number of aldehydes is 1. The van der Waals surface area contributed by atoms with Crippen LogP contribution in [-0.2, 0) is 14.3 Å². The molecule has 0 aliphatic heterocycles. The zero-order valence-corrected chi connectivity index (χ0v) is 11.8. The van der Waals surface area contributed by atoms with Gasteiger partial charge in [0.2, 0.25) is 0 Å². The van der Waals surface area contributed by atoms with Crippen LogP contribution in [0.4, 0.5) is 0 Å². The molecule has 7 nitrogen and oxygen atoms in total. The average Bonchev–Trinajstić information content (AvgIpc) is 2.72. The van der Waals surface area contributed by atoms with Crippen molar-refractivity contribution in [2.45, 2.75) is 37.4 Å². The van der Waals surface area contributed by atoms with Gasteiger partial charge < -0.3 is 34.7 Å². The summed E-state index contributed by atoms with van der Waals surface area (Å²) in [5, 5.41) is 38.5. The van der Waals surface area contributed by atoms with E-state index in [0.29, 0.717) is 6.29 Å². The smallest absolute Gasteiger partial charge is 0.162 e. The summed E-state index contributed by atoms with van der Waals surface area (Å²) in [7, 11) is 2.84. The average molecular weight is 292 g/mol. The van der Waals surface area contributed by atoms with Crippen LogP contribution < -0.4 is 0 Å². The second kappa shape index (κ2) is 8.02. The quantitative estimate of drug-likeness (QED) is 0.318. The van der Waals surface area contributed by atoms with Gasteiger partial charge in [0.05, 0.1) is 24.9 Å². The minimum Gasteiger partial charge on any atom is -0.394 e. The highest BCUT2D eigenvalue weighted by atomic mass is 16.7. The second-order valence-corrected chi connectivity index (χ2v) is 5.24. The van der Waals surface area contributed by atoms with Gasteiger partial charge in [0.1, 0.15) is 6.29 Å². The molecule has 2 unspecified atom stereocenters. The van der Waals surface area contributed by atoms with Gasteiger partial charge in [-0.05, 0) is 6.42 Å². The maximum absolute atomic E-state index is 11.3. The molecule has 0 aromatic heterocycles. The first-order valence-electron chi connectivity index (χ1n) is 6.66. The molecule has 0 aromatic rings. The summed E-state index contributed by atoms with van der Waals surface area (Å²) in [6.45, 7) is -0.460. The Morgan fingerprint density at radius 3 is 2.20 bits per heavy atom. The summed E-state index contributed by atoms with van der Waals surface area (Å²) >= 11 is 0. The summed E-state index contributed by atoms with van der Waals surface area (Å²) in [4.78, 5) is 11.3. The number of rotatable bonds is 8. The predicted molar refractivity (Wildman–Crippen MR) is 68.7 cm³/mol. The summed E-state index contributed by atoms with van der Waals surface area (Å²) in [5.41, 5.74) is 0. The molecule has 20 heavy (non-hydrogen) atoms. The summed E-state index contributed by atoms with van der Waals surface area (Å²) < 4.78 is 10.3. The third-order valence-electron chi connectivity index (χ3n) is 4.02. The first-order chi connectivity index (χ1) is 9.49. The Hall–Kier alpha value is -0.570. The Morgan fingerprint density at radius 2 is 1.75 bits per heavy atom. The lowest BCUT2D eigenvalue weighted by atomic mass is 9.79. The van der Waals surface area contributed by atoms with Crippen molar-refractivity contribution in [3.05, 3.63) is 0 Å². The molecule has 1 rings (SSSR count). The summed E-state index contributed by atoms with van der Waals surface area (Å²) in [6.07, 6.45) is -2.75. The number of methoxy groups -OCH3 is 2. The Labute approximate surface area is 118 Å². The number of aliphatic hydroxyl groups excluding tert-OH is 4. The van der Waals surface area contributed by atoms with E-state index in [2.05, 4.69) is 0 Å². The predicted octanol–water partition coefficient (Wildman–Crippen LogP) is -1.48. The van der Waals surface area contributed by atoms with Crippen LogP contribution in [0.3, 0.4) is 0 Å². The SMILES string of the molecule is COC(OC)[C@H]1[C@@H](C(C=O)CC(O)CO)[C@H](O)C[C@@H]1O. The molecule has 0 aromatic carbocycles. The van der Waals surface area contributed by atoms with Gasteiger partial charge in [-0.15, -0.1) is 0 Å². The van der Waals surface area contributed by atoms with Crippen molar-refractivity contribution < 1.29 is 34.7 Å². The van der Waals surface area contributed by atoms with Crippen molar-refractivity contribution in [2.75, 3.05) is 20.8 Å². The standard InChI is InChI=1S/C13H24O7/c1-19-13(20-2)12-10(18)4-9(17)11(12)7(5-14)3-8(16)6-15/h5,7-13,15-18H,3-4,6H2,1-2H3/t7?,8?,9-,10+,11+,12-/m1/s1. The minimum absolute atomic E-state index is 0.0189. The zero-order chi connectivity index (χ0) is 15.3. The Bertz CT molecular complexity index is 294. The molecular formula is C13H24O7. The van der Waals surface area contributed by atoms with Crippen LogP contribution in [0.25, 0.3) is 0 Å². The number of ether oxygens (including phenoxy) is 2. The molecule has 0 heterocycles. The topological polar surface area (TPSA) is 116 Å². The largest absolute Gasteiger partial charge is 0.394 e. The molecule has 1 saturated carbocycles. The molecule has 118 valence electrons. The summed E-state index contributed by atoms with van der Waals surface area (Å²) in [5.74, 6) is -1.85. The van der Waals surface area contributed by atoms with Gasteiger partial charge in [0.25, 0.3) is 0 Å². The monoisotopic (exact) mass is 292 g/mol. The molecule has 1 aliphatic carbocycles. The van der Waals surface area contributed by atoms with Crippen LogP contribution >= 0.6 is 0 Å². The van der Waals surface area contributed by atoms with Crippen molar-refractivity contribution in [3.8, 4) is 0 Å². The molecule has 0 spiro atoms. The first-order valence-corrected chi connectivity index (χ1v) is 6.66. The molecule has 1 aliphatic rings. The lowest BCUT2D eigenvalue weighted by Crippen LogP contribution is -2.41. The van der Waals surface area contributed by atoms with E-state index < -0.39 is 49.0 Å². The fourth-order valence-corrected chi connectivity index (χ4v) is 3.11. The van der Waals surface area contributed by atoms with Crippen LogP contribution in [0.2, 0.25) is 0 Å². The van der Waals surface area contributed by atoms with Crippen LogP contribution in [-0.4, -0.2) is 72.1 Å². The molecular weight excluding hydrogens is 268 g/mol. The third kappa shape index (κ3) is 3.75. The maximum atomic E-state index is 11.3. The molecule has 0 radical (unpaired) electrons. The van der Waals surface area contributed by atoms with Crippen molar-refractivity contribution in [2.24, 2.45) is 17.8 Å². The number of hydrogen-bond donors (Lipinski definition) is 4. The van der Waals surface area contributed by atoms with E-state index in [1.807, 2.05) is 0 Å². The van der Waals surface area contributed by atoms with Gasteiger partial charge in [-0.1, -0.05) is 0 Å². The van der Waals surface area contributed by atoms with Crippen LogP contribution in [0.5, 0.6) is 0 Å². The van der Waals surface area contributed by atoms with Crippen molar-refractivity contribution in [3.63, 3.8) is 0 Å². The van der Waals surface area contributed by atoms with Crippen molar-refractivity contribution in [1.29, 1.82) is 0 Å². The van der Waals surface area contributed by atoms with Crippen LogP contribution in [0.15, 0.2) is 0 Å². The highest BCUT2D eigenvalue weighted by molar-refractivity contribution is 5.54. The van der Waals surface area contributed by atoms with E-state index in [9.17, 15) is 20.1 Å². The molecule has 7 heteroatoms. The van der Waals surface area contributed by atoms with Crippen LogP contribution in [0, 0.1) is 17.8 Å². The van der Waals surface area contributed by atoms with Gasteiger partial charge in [-0.3, -0.25) is 0 Å². The van der Waals surface area contributed by atoms with Crippen molar-refractivity contribution >= 4 is 6.29 Å². The van der Waals surface area contributed by atoms with E-state index in [0.717, 1.165) is 0 Å². The number of hydrogen-bond acceptors (Lipinski definition) is 7. The molecule has 1 fully saturated rings. The van der Waals surface area contributed by atoms with Gasteiger partial charge >= 0.3 is 0 Å².